The molecular weight excluding hydrogens is 222 g/mol. The Labute approximate surface area is 92.0 Å². The van der Waals surface area contributed by atoms with Crippen LogP contribution in [0.2, 0.25) is 0 Å². The van der Waals surface area contributed by atoms with Crippen LogP contribution in [0.1, 0.15) is 0 Å². The third-order valence-electron chi connectivity index (χ3n) is 2.47. The van der Waals surface area contributed by atoms with E-state index in [1.165, 1.54) is 11.8 Å². The molecule has 0 aliphatic carbocycles. The summed E-state index contributed by atoms with van der Waals surface area (Å²) in [5, 5.41) is 37.5. The zero-order chi connectivity index (χ0) is 11.6. The highest BCUT2D eigenvalue weighted by Gasteiger charge is 2.45. The number of nitrogens with two attached hydrogens (primary N) is 1. The largest absolute Gasteiger partial charge is 0.395 e. The molecule has 1 rings (SSSR count). The highest BCUT2D eigenvalue weighted by Crippen LogP contribution is 2.27. The predicted octanol–water partition coefficient (Wildman–Crippen LogP) is -2.52. The van der Waals surface area contributed by atoms with E-state index in [-0.39, 0.29) is 6.61 Å². The molecule has 0 amide bonds. The average molecular weight is 239 g/mol. The zero-order valence-corrected chi connectivity index (χ0v) is 9.17. The van der Waals surface area contributed by atoms with E-state index in [0.717, 1.165) is 0 Å². The fraction of sp³-hybridized carbons (Fsp3) is 1.00. The maximum atomic E-state index is 9.59. The molecule has 6 N–H and O–H groups in total. The van der Waals surface area contributed by atoms with Gasteiger partial charge in [0.1, 0.15) is 29.9 Å². The minimum Gasteiger partial charge on any atom is -0.395 e. The molecule has 7 heteroatoms. The van der Waals surface area contributed by atoms with E-state index in [9.17, 15) is 15.3 Å². The Balaban J connectivity index is 2.74. The average Bonchev–Trinajstić information content (AvgIpc) is 2.25. The van der Waals surface area contributed by atoms with Crippen LogP contribution in [0.5, 0.6) is 0 Å². The van der Waals surface area contributed by atoms with Crippen molar-refractivity contribution < 1.29 is 25.2 Å². The van der Waals surface area contributed by atoms with Crippen LogP contribution in [-0.2, 0) is 4.74 Å². The van der Waals surface area contributed by atoms with Gasteiger partial charge in [0, 0.05) is 0 Å². The summed E-state index contributed by atoms with van der Waals surface area (Å²) in [7, 11) is 0. The van der Waals surface area contributed by atoms with Crippen molar-refractivity contribution in [2.45, 2.75) is 35.9 Å². The second-order valence-corrected chi connectivity index (χ2v) is 4.46. The van der Waals surface area contributed by atoms with E-state index in [2.05, 4.69) is 0 Å². The standard InChI is InChI=1S/C8H17NO5S/c1-15-8-6(13)4(11)5(12)7(14-8)3(9)2-10/h3-8,10-13H,2,9H2,1H3/t3-,4?,5?,6-,7-,8?/m1/s1. The van der Waals surface area contributed by atoms with E-state index < -0.39 is 35.9 Å². The Hall–Kier alpha value is 0.110. The van der Waals surface area contributed by atoms with Crippen LogP contribution in [-0.4, -0.2) is 69.2 Å². The van der Waals surface area contributed by atoms with Gasteiger partial charge in [-0.05, 0) is 6.26 Å². The van der Waals surface area contributed by atoms with Crippen molar-refractivity contribution >= 4 is 11.8 Å². The van der Waals surface area contributed by atoms with E-state index in [1.807, 2.05) is 0 Å². The summed E-state index contributed by atoms with van der Waals surface area (Å²) in [6.07, 6.45) is -2.91. The van der Waals surface area contributed by atoms with Crippen LogP contribution >= 0.6 is 11.8 Å². The highest BCUT2D eigenvalue weighted by atomic mass is 32.2. The third-order valence-corrected chi connectivity index (χ3v) is 3.33. The summed E-state index contributed by atoms with van der Waals surface area (Å²) in [4.78, 5) is 0. The molecule has 1 saturated heterocycles. The van der Waals surface area contributed by atoms with Gasteiger partial charge in [0.2, 0.25) is 0 Å². The molecule has 1 fully saturated rings. The van der Waals surface area contributed by atoms with Gasteiger partial charge in [0.25, 0.3) is 0 Å². The molecule has 3 unspecified atom stereocenters. The normalized spacial score (nSPS) is 44.0. The molecule has 0 aromatic carbocycles. The number of rotatable bonds is 3. The second kappa shape index (κ2) is 5.44. The van der Waals surface area contributed by atoms with Crippen LogP contribution in [0.15, 0.2) is 0 Å². The fourth-order valence-corrected chi connectivity index (χ4v) is 2.21. The Bertz CT molecular complexity index is 205. The molecule has 6 nitrogen and oxygen atoms in total. The minimum atomic E-state index is -1.31. The van der Waals surface area contributed by atoms with Gasteiger partial charge >= 0.3 is 0 Å². The van der Waals surface area contributed by atoms with Crippen LogP contribution in [0.4, 0.5) is 0 Å². The van der Waals surface area contributed by atoms with Crippen molar-refractivity contribution in [3.63, 3.8) is 0 Å². The molecule has 0 aromatic heterocycles. The van der Waals surface area contributed by atoms with E-state index in [0.29, 0.717) is 0 Å². The number of thioether (sulfide) groups is 1. The molecule has 0 spiro atoms. The fourth-order valence-electron chi connectivity index (χ4n) is 1.53. The predicted molar refractivity (Wildman–Crippen MR) is 55.3 cm³/mol. The van der Waals surface area contributed by atoms with Gasteiger partial charge in [-0.15, -0.1) is 11.8 Å². The number of aliphatic hydroxyl groups is 4. The van der Waals surface area contributed by atoms with Crippen molar-refractivity contribution in [2.75, 3.05) is 12.9 Å². The maximum Gasteiger partial charge on any atom is 0.132 e. The van der Waals surface area contributed by atoms with Crippen molar-refractivity contribution in [1.82, 2.24) is 0 Å². The Morgan fingerprint density at radius 1 is 1.27 bits per heavy atom. The Kier molecular flexibility index (Phi) is 4.78. The lowest BCUT2D eigenvalue weighted by Gasteiger charge is -2.41. The van der Waals surface area contributed by atoms with Gasteiger partial charge < -0.3 is 30.9 Å². The molecule has 90 valence electrons. The van der Waals surface area contributed by atoms with Crippen LogP contribution in [0.25, 0.3) is 0 Å². The lowest BCUT2D eigenvalue weighted by molar-refractivity contribution is -0.204. The summed E-state index contributed by atoms with van der Waals surface area (Å²) in [6, 6.07) is -0.781. The molecular formula is C8H17NO5S. The first-order valence-electron chi connectivity index (χ1n) is 4.61. The number of ether oxygens (including phenoxy) is 1. The summed E-state index contributed by atoms with van der Waals surface area (Å²) in [6.45, 7) is -0.356. The van der Waals surface area contributed by atoms with Gasteiger partial charge in [-0.1, -0.05) is 0 Å². The first-order chi connectivity index (χ1) is 7.02. The van der Waals surface area contributed by atoms with Crippen molar-refractivity contribution in [2.24, 2.45) is 5.73 Å². The molecule has 1 aliphatic rings. The highest BCUT2D eigenvalue weighted by molar-refractivity contribution is 7.99. The van der Waals surface area contributed by atoms with E-state index >= 15 is 0 Å². The van der Waals surface area contributed by atoms with Crippen LogP contribution in [0.3, 0.4) is 0 Å². The molecule has 1 heterocycles. The summed E-state index contributed by atoms with van der Waals surface area (Å²) in [5.41, 5.74) is 4.88. The van der Waals surface area contributed by atoms with Crippen molar-refractivity contribution in [3.8, 4) is 0 Å². The van der Waals surface area contributed by atoms with Gasteiger partial charge in [-0.25, -0.2) is 0 Å². The summed E-state index contributed by atoms with van der Waals surface area (Å²) >= 11 is 1.21. The van der Waals surface area contributed by atoms with Crippen molar-refractivity contribution in [3.05, 3.63) is 0 Å². The van der Waals surface area contributed by atoms with E-state index in [1.54, 1.807) is 6.26 Å². The number of hydrogen-bond donors (Lipinski definition) is 5. The van der Waals surface area contributed by atoms with Gasteiger partial charge in [0.15, 0.2) is 0 Å². The van der Waals surface area contributed by atoms with Crippen LogP contribution in [0, 0.1) is 0 Å². The lowest BCUT2D eigenvalue weighted by atomic mass is 9.95. The number of aliphatic hydroxyl groups excluding tert-OH is 4. The zero-order valence-electron chi connectivity index (χ0n) is 8.35. The van der Waals surface area contributed by atoms with Crippen LogP contribution < -0.4 is 5.73 Å². The summed E-state index contributed by atoms with van der Waals surface area (Å²) in [5.74, 6) is 0. The second-order valence-electron chi connectivity index (χ2n) is 3.52. The molecule has 6 atom stereocenters. The quantitative estimate of drug-likeness (QED) is 0.369. The maximum absolute atomic E-state index is 9.59. The third kappa shape index (κ3) is 2.62. The first kappa shape index (κ1) is 13.2. The SMILES string of the molecule is CSC1O[C@H]([C@H](N)CO)C(O)C(O)[C@H]1O. The molecule has 0 aromatic rings. The lowest BCUT2D eigenvalue weighted by Crippen LogP contribution is -2.62. The number of hydrogen-bond acceptors (Lipinski definition) is 7. The molecule has 0 bridgehead atoms. The van der Waals surface area contributed by atoms with Gasteiger partial charge in [-0.2, -0.15) is 0 Å². The van der Waals surface area contributed by atoms with Crippen molar-refractivity contribution in [1.29, 1.82) is 0 Å². The minimum absolute atomic E-state index is 0.356. The molecule has 1 aliphatic heterocycles. The molecule has 0 radical (unpaired) electrons. The molecule has 15 heavy (non-hydrogen) atoms. The summed E-state index contributed by atoms with van der Waals surface area (Å²) < 4.78 is 5.30. The Morgan fingerprint density at radius 2 is 1.87 bits per heavy atom. The van der Waals surface area contributed by atoms with E-state index in [4.69, 9.17) is 15.6 Å². The topological polar surface area (TPSA) is 116 Å². The molecule has 0 saturated carbocycles. The smallest absolute Gasteiger partial charge is 0.132 e. The van der Waals surface area contributed by atoms with Gasteiger partial charge in [-0.3, -0.25) is 0 Å². The first-order valence-corrected chi connectivity index (χ1v) is 5.90. The van der Waals surface area contributed by atoms with Gasteiger partial charge in [0.05, 0.1) is 12.6 Å². The monoisotopic (exact) mass is 239 g/mol. The Morgan fingerprint density at radius 3 is 2.33 bits per heavy atom.